The van der Waals surface area contributed by atoms with E-state index in [1.807, 2.05) is 18.5 Å². The molecule has 0 saturated heterocycles. The highest BCUT2D eigenvalue weighted by Gasteiger charge is 2.25. The first-order valence-electron chi connectivity index (χ1n) is 5.92. The molecule has 0 aliphatic carbocycles. The number of aromatic nitrogens is 2. The van der Waals surface area contributed by atoms with Crippen molar-refractivity contribution in [3.05, 3.63) is 16.4 Å². The van der Waals surface area contributed by atoms with Gasteiger partial charge in [-0.05, 0) is 36.2 Å². The molecule has 0 aliphatic heterocycles. The van der Waals surface area contributed by atoms with Gasteiger partial charge in [0.25, 0.3) is 0 Å². The van der Waals surface area contributed by atoms with Crippen LogP contribution >= 0.6 is 15.9 Å². The molecule has 6 heteroatoms. The Morgan fingerprint density at radius 1 is 1.50 bits per heavy atom. The molecule has 0 spiro atoms. The Morgan fingerprint density at radius 2 is 2.17 bits per heavy atom. The van der Waals surface area contributed by atoms with E-state index in [0.29, 0.717) is 13.2 Å². The summed E-state index contributed by atoms with van der Waals surface area (Å²) in [5.74, 6) is 0. The molecule has 0 aliphatic rings. The lowest BCUT2D eigenvalue weighted by molar-refractivity contribution is 0.00922. The lowest BCUT2D eigenvalue weighted by Gasteiger charge is -2.27. The highest BCUT2D eigenvalue weighted by Crippen LogP contribution is 2.28. The van der Waals surface area contributed by atoms with Crippen molar-refractivity contribution >= 4 is 15.9 Å². The van der Waals surface area contributed by atoms with Crippen molar-refractivity contribution in [2.75, 3.05) is 20.8 Å². The number of hydrogen-bond donors (Lipinski definition) is 1. The second-order valence-corrected chi connectivity index (χ2v) is 5.72. The van der Waals surface area contributed by atoms with Gasteiger partial charge in [-0.25, -0.2) is 0 Å². The standard InChI is InChI=1S/C12H22BrN3O2/c1-12(2,18-4)7-10(14)11-9(13)8-15-16(11)5-6-17-3/h8,10H,5-7,14H2,1-4H3. The molecule has 1 heterocycles. The molecule has 1 aromatic heterocycles. The van der Waals surface area contributed by atoms with Gasteiger partial charge in [-0.3, -0.25) is 4.68 Å². The van der Waals surface area contributed by atoms with Crippen molar-refractivity contribution in [1.82, 2.24) is 9.78 Å². The number of nitrogens with two attached hydrogens (primary N) is 1. The first-order valence-corrected chi connectivity index (χ1v) is 6.71. The van der Waals surface area contributed by atoms with E-state index in [-0.39, 0.29) is 11.6 Å². The molecule has 104 valence electrons. The van der Waals surface area contributed by atoms with E-state index in [4.69, 9.17) is 15.2 Å². The van der Waals surface area contributed by atoms with Crippen LogP contribution < -0.4 is 5.73 Å². The molecule has 18 heavy (non-hydrogen) atoms. The predicted molar refractivity (Wildman–Crippen MR) is 74.4 cm³/mol. The minimum absolute atomic E-state index is 0.131. The lowest BCUT2D eigenvalue weighted by atomic mass is 9.97. The van der Waals surface area contributed by atoms with Crippen LogP contribution in [0.25, 0.3) is 0 Å². The van der Waals surface area contributed by atoms with Gasteiger partial charge in [-0.1, -0.05) is 0 Å². The molecule has 0 amide bonds. The van der Waals surface area contributed by atoms with E-state index in [9.17, 15) is 0 Å². The largest absolute Gasteiger partial charge is 0.383 e. The summed E-state index contributed by atoms with van der Waals surface area (Å²) in [4.78, 5) is 0. The van der Waals surface area contributed by atoms with Gasteiger partial charge in [0.15, 0.2) is 0 Å². The van der Waals surface area contributed by atoms with E-state index >= 15 is 0 Å². The van der Waals surface area contributed by atoms with Crippen LogP contribution in [-0.2, 0) is 16.0 Å². The maximum atomic E-state index is 6.26. The van der Waals surface area contributed by atoms with Crippen LogP contribution in [-0.4, -0.2) is 36.2 Å². The molecule has 1 atom stereocenters. The number of hydrogen-bond acceptors (Lipinski definition) is 4. The van der Waals surface area contributed by atoms with E-state index in [0.717, 1.165) is 16.6 Å². The Morgan fingerprint density at radius 3 is 2.72 bits per heavy atom. The van der Waals surface area contributed by atoms with Crippen molar-refractivity contribution in [1.29, 1.82) is 0 Å². The SMILES string of the molecule is COCCn1ncc(Br)c1C(N)CC(C)(C)OC. The van der Waals surface area contributed by atoms with E-state index < -0.39 is 0 Å². The number of methoxy groups -OCH3 is 2. The van der Waals surface area contributed by atoms with Gasteiger partial charge in [0, 0.05) is 14.2 Å². The molecule has 1 unspecified atom stereocenters. The molecule has 0 aromatic carbocycles. The first kappa shape index (κ1) is 15.6. The zero-order chi connectivity index (χ0) is 13.8. The monoisotopic (exact) mass is 319 g/mol. The number of nitrogens with zero attached hydrogens (tertiary/aromatic N) is 2. The number of halogens is 1. The van der Waals surface area contributed by atoms with E-state index in [1.165, 1.54) is 0 Å². The zero-order valence-corrected chi connectivity index (χ0v) is 13.0. The summed E-state index contributed by atoms with van der Waals surface area (Å²) >= 11 is 3.49. The normalized spacial score (nSPS) is 13.9. The molecule has 0 saturated carbocycles. The predicted octanol–water partition coefficient (Wildman–Crippen LogP) is 2.11. The summed E-state index contributed by atoms with van der Waals surface area (Å²) in [7, 11) is 3.37. The Kier molecular flexibility index (Phi) is 5.78. The third-order valence-electron chi connectivity index (χ3n) is 2.96. The van der Waals surface area contributed by atoms with Gasteiger partial charge in [-0.15, -0.1) is 0 Å². The van der Waals surface area contributed by atoms with Crippen molar-refractivity contribution < 1.29 is 9.47 Å². The minimum Gasteiger partial charge on any atom is -0.383 e. The molecule has 5 nitrogen and oxygen atoms in total. The summed E-state index contributed by atoms with van der Waals surface area (Å²) in [6, 6.07) is -0.131. The van der Waals surface area contributed by atoms with Crippen LogP contribution in [0.1, 0.15) is 32.0 Å². The average Bonchev–Trinajstić information content (AvgIpc) is 2.67. The van der Waals surface area contributed by atoms with Crippen LogP contribution in [0, 0.1) is 0 Å². The molecule has 2 N–H and O–H groups in total. The molecule has 0 fully saturated rings. The third-order valence-corrected chi connectivity index (χ3v) is 3.57. The van der Waals surface area contributed by atoms with Crippen molar-refractivity contribution in [3.8, 4) is 0 Å². The number of rotatable bonds is 7. The van der Waals surface area contributed by atoms with Crippen LogP contribution in [0.3, 0.4) is 0 Å². The summed E-state index contributed by atoms with van der Waals surface area (Å²) in [5.41, 5.74) is 6.99. The summed E-state index contributed by atoms with van der Waals surface area (Å²) in [6.07, 6.45) is 2.49. The quantitative estimate of drug-likeness (QED) is 0.836. The molecular formula is C12H22BrN3O2. The lowest BCUT2D eigenvalue weighted by Crippen LogP contribution is -2.30. The Hall–Kier alpha value is -0.430. The highest BCUT2D eigenvalue weighted by atomic mass is 79.9. The van der Waals surface area contributed by atoms with Crippen molar-refractivity contribution in [2.45, 2.75) is 38.5 Å². The molecule has 1 rings (SSSR count). The van der Waals surface area contributed by atoms with Gasteiger partial charge in [0.2, 0.25) is 0 Å². The van der Waals surface area contributed by atoms with Crippen molar-refractivity contribution in [3.63, 3.8) is 0 Å². The van der Waals surface area contributed by atoms with E-state index in [2.05, 4.69) is 21.0 Å². The fourth-order valence-corrected chi connectivity index (χ4v) is 2.40. The highest BCUT2D eigenvalue weighted by molar-refractivity contribution is 9.10. The first-order chi connectivity index (χ1) is 8.41. The van der Waals surface area contributed by atoms with Gasteiger partial charge in [-0.2, -0.15) is 5.10 Å². The fraction of sp³-hybridized carbons (Fsp3) is 0.750. The average molecular weight is 320 g/mol. The van der Waals surface area contributed by atoms with Crippen LogP contribution in [0.5, 0.6) is 0 Å². The maximum absolute atomic E-state index is 6.26. The van der Waals surface area contributed by atoms with Crippen LogP contribution in [0.4, 0.5) is 0 Å². The van der Waals surface area contributed by atoms with Gasteiger partial charge >= 0.3 is 0 Å². The van der Waals surface area contributed by atoms with Gasteiger partial charge in [0.05, 0.1) is 41.2 Å². The Bertz CT molecular complexity index is 379. The number of ether oxygens (including phenoxy) is 2. The Labute approximate surface area is 117 Å². The maximum Gasteiger partial charge on any atom is 0.0695 e. The minimum atomic E-state index is -0.255. The molecule has 0 radical (unpaired) electrons. The van der Waals surface area contributed by atoms with Gasteiger partial charge < -0.3 is 15.2 Å². The van der Waals surface area contributed by atoms with E-state index in [1.54, 1.807) is 20.4 Å². The molecular weight excluding hydrogens is 298 g/mol. The fourth-order valence-electron chi connectivity index (χ4n) is 1.81. The van der Waals surface area contributed by atoms with Gasteiger partial charge in [0.1, 0.15) is 0 Å². The third kappa shape index (κ3) is 4.05. The summed E-state index contributed by atoms with van der Waals surface area (Å²) in [6.45, 7) is 5.35. The smallest absolute Gasteiger partial charge is 0.0695 e. The van der Waals surface area contributed by atoms with Crippen molar-refractivity contribution in [2.24, 2.45) is 5.73 Å². The molecule has 1 aromatic rings. The van der Waals surface area contributed by atoms with Crippen LogP contribution in [0.2, 0.25) is 0 Å². The Balaban J connectivity index is 2.83. The summed E-state index contributed by atoms with van der Waals surface area (Å²) in [5, 5.41) is 4.30. The topological polar surface area (TPSA) is 62.3 Å². The zero-order valence-electron chi connectivity index (χ0n) is 11.4. The molecule has 0 bridgehead atoms. The summed E-state index contributed by atoms with van der Waals surface area (Å²) < 4.78 is 13.3. The van der Waals surface area contributed by atoms with Crippen LogP contribution in [0.15, 0.2) is 10.7 Å². The second-order valence-electron chi connectivity index (χ2n) is 4.87. The second kappa shape index (κ2) is 6.65.